The second-order valence-corrected chi connectivity index (χ2v) is 5.91. The smallest absolute Gasteiger partial charge is 0.157 e. The lowest BCUT2D eigenvalue weighted by molar-refractivity contribution is -0.865. The summed E-state index contributed by atoms with van der Waals surface area (Å²) in [5.74, 6) is 0.449. The normalized spacial score (nSPS) is 27.7. The Balaban J connectivity index is 0.00000161. The van der Waals surface area contributed by atoms with E-state index >= 15 is 0 Å². The lowest BCUT2D eigenvalue weighted by Gasteiger charge is -2.37. The van der Waals surface area contributed by atoms with Crippen LogP contribution < -0.4 is 22.2 Å². The summed E-state index contributed by atoms with van der Waals surface area (Å²) < 4.78 is 0. The van der Waals surface area contributed by atoms with Gasteiger partial charge in [0.05, 0.1) is 13.1 Å². The number of anilines is 1. The van der Waals surface area contributed by atoms with Crippen molar-refractivity contribution in [3.05, 3.63) is 35.5 Å². The maximum Gasteiger partial charge on any atom is 0.157 e. The molecule has 1 aromatic rings. The Morgan fingerprint density at radius 1 is 1.19 bits per heavy atom. The molecule has 4 nitrogen and oxygen atoms in total. The highest BCUT2D eigenvalue weighted by Gasteiger charge is 2.39. The average Bonchev–Trinajstić information content (AvgIpc) is 2.49. The maximum atomic E-state index is 9.31. The molecule has 5 heteroatoms. The second kappa shape index (κ2) is 6.50. The van der Waals surface area contributed by atoms with Gasteiger partial charge in [-0.05, 0) is 17.7 Å². The maximum absolute atomic E-state index is 9.31. The second-order valence-electron chi connectivity index (χ2n) is 5.91. The average molecular weight is 308 g/mol. The first-order chi connectivity index (χ1) is 9.69. The Morgan fingerprint density at radius 3 is 2.33 bits per heavy atom. The molecule has 2 bridgehead atoms. The molecule has 21 heavy (non-hydrogen) atoms. The molecule has 0 amide bonds. The first kappa shape index (κ1) is 15.9. The first-order valence-corrected chi connectivity index (χ1v) is 7.25. The van der Waals surface area contributed by atoms with Crippen LogP contribution in [0.4, 0.5) is 5.69 Å². The van der Waals surface area contributed by atoms with Crippen molar-refractivity contribution in [1.82, 2.24) is 0 Å². The predicted octanol–water partition coefficient (Wildman–Crippen LogP) is -1.76. The summed E-state index contributed by atoms with van der Waals surface area (Å²) in [5, 5.41) is 12.9. The molecular weight excluding hydrogens is 286 g/mol. The molecule has 1 aromatic carbocycles. The van der Waals surface area contributed by atoms with E-state index < -0.39 is 0 Å². The predicted molar refractivity (Wildman–Crippen MR) is 81.4 cm³/mol. The summed E-state index contributed by atoms with van der Waals surface area (Å²) in [6.07, 6.45) is 4.46. The zero-order valence-electron chi connectivity index (χ0n) is 12.5. The number of benzene rings is 1. The number of halogens is 1. The molecule has 3 aliphatic heterocycles. The van der Waals surface area contributed by atoms with E-state index in [1.54, 1.807) is 0 Å². The van der Waals surface area contributed by atoms with Crippen molar-refractivity contribution in [2.45, 2.75) is 12.8 Å². The van der Waals surface area contributed by atoms with Gasteiger partial charge in [-0.25, -0.2) is 0 Å². The minimum Gasteiger partial charge on any atom is -1.00 e. The van der Waals surface area contributed by atoms with Crippen molar-refractivity contribution in [3.8, 4) is 0 Å². The zero-order chi connectivity index (χ0) is 14.1. The number of nitrogens with zero attached hydrogens (tertiary/aromatic N) is 2. The largest absolute Gasteiger partial charge is 1.00 e. The van der Waals surface area contributed by atoms with E-state index in [1.165, 1.54) is 21.8 Å². The fourth-order valence-corrected chi connectivity index (χ4v) is 3.26. The molecule has 2 N–H and O–H groups in total. The molecule has 0 spiro atoms. The van der Waals surface area contributed by atoms with Crippen molar-refractivity contribution in [3.63, 3.8) is 0 Å². The van der Waals surface area contributed by atoms with Crippen molar-refractivity contribution < 1.29 is 22.5 Å². The van der Waals surface area contributed by atoms with Gasteiger partial charge in [-0.15, -0.1) is 0 Å². The molecule has 0 radical (unpaired) electrons. The van der Waals surface area contributed by atoms with Gasteiger partial charge < -0.3 is 27.4 Å². The first-order valence-electron chi connectivity index (χ1n) is 7.25. The standard InChI is InChI=1S/C16H21N3O.ClH/c1-18(2)14-5-3-12(4-6-14)11-15-16(17-20)13-7-9-19(15)10-8-13;/h3-6,11,13,20H,7-10H2,1-2H3;1H/b15-11-,17-16-;. The summed E-state index contributed by atoms with van der Waals surface area (Å²) in [6, 6.07) is 8.49. The fourth-order valence-electron chi connectivity index (χ4n) is 3.26. The van der Waals surface area contributed by atoms with Gasteiger partial charge in [-0.1, -0.05) is 17.3 Å². The van der Waals surface area contributed by atoms with Crippen LogP contribution in [0, 0.1) is 5.92 Å². The fraction of sp³-hybridized carbons (Fsp3) is 0.438. The number of rotatable bonds is 2. The topological polar surface area (TPSA) is 40.3 Å². The SMILES string of the molecule is CN(C)c1ccc(/C=C2/C(=N\O)C3CC[NH+]2CC3)cc1.[Cl-]. The molecule has 0 atom stereocenters. The van der Waals surface area contributed by atoms with Crippen LogP contribution in [0.25, 0.3) is 6.08 Å². The van der Waals surface area contributed by atoms with Crippen molar-refractivity contribution in [1.29, 1.82) is 0 Å². The number of quaternary nitrogens is 1. The van der Waals surface area contributed by atoms with Crippen molar-refractivity contribution in [2.75, 3.05) is 32.1 Å². The van der Waals surface area contributed by atoms with Crippen molar-refractivity contribution >= 4 is 17.5 Å². The van der Waals surface area contributed by atoms with E-state index in [0.29, 0.717) is 5.92 Å². The summed E-state index contributed by atoms with van der Waals surface area (Å²) >= 11 is 0. The highest BCUT2D eigenvalue weighted by Crippen LogP contribution is 2.23. The quantitative estimate of drug-likeness (QED) is 0.502. The number of oxime groups is 1. The van der Waals surface area contributed by atoms with Crippen LogP contribution in [-0.2, 0) is 0 Å². The van der Waals surface area contributed by atoms with Gasteiger partial charge in [0, 0.05) is 44.6 Å². The molecule has 0 aliphatic carbocycles. The summed E-state index contributed by atoms with van der Waals surface area (Å²) in [6.45, 7) is 2.32. The third kappa shape index (κ3) is 3.06. The molecule has 3 aliphatic rings. The lowest BCUT2D eigenvalue weighted by atomic mass is 9.83. The van der Waals surface area contributed by atoms with Crippen LogP contribution in [0.15, 0.2) is 35.1 Å². The zero-order valence-corrected chi connectivity index (χ0v) is 13.3. The number of allylic oxidation sites excluding steroid dienone is 1. The molecule has 0 unspecified atom stereocenters. The Kier molecular flexibility index (Phi) is 4.91. The highest BCUT2D eigenvalue weighted by molar-refractivity contribution is 6.03. The Labute approximate surface area is 132 Å². The van der Waals surface area contributed by atoms with Gasteiger partial charge in [-0.2, -0.15) is 0 Å². The van der Waals surface area contributed by atoms with E-state index in [0.717, 1.165) is 31.6 Å². The van der Waals surface area contributed by atoms with Gasteiger partial charge in [0.15, 0.2) is 5.70 Å². The van der Waals surface area contributed by atoms with Gasteiger partial charge in [-0.3, -0.25) is 0 Å². The van der Waals surface area contributed by atoms with Crippen LogP contribution in [0.1, 0.15) is 18.4 Å². The molecule has 3 fully saturated rings. The van der Waals surface area contributed by atoms with E-state index in [9.17, 15) is 5.21 Å². The van der Waals surface area contributed by atoms with E-state index in [4.69, 9.17) is 0 Å². The van der Waals surface area contributed by atoms with Gasteiger partial charge in [0.2, 0.25) is 0 Å². The number of hydrogen-bond acceptors (Lipinski definition) is 3. The number of nitrogens with one attached hydrogen (secondary N) is 1. The van der Waals surface area contributed by atoms with E-state index in [-0.39, 0.29) is 12.4 Å². The molecule has 114 valence electrons. The van der Waals surface area contributed by atoms with E-state index in [1.807, 2.05) is 14.1 Å². The van der Waals surface area contributed by atoms with E-state index in [2.05, 4.69) is 40.4 Å². The Hall–Kier alpha value is -1.52. The molecule has 3 heterocycles. The van der Waals surface area contributed by atoms with Crippen LogP contribution in [0.3, 0.4) is 0 Å². The van der Waals surface area contributed by atoms with Crippen LogP contribution in [0.5, 0.6) is 0 Å². The molecule has 0 saturated carbocycles. The summed E-state index contributed by atoms with van der Waals surface area (Å²) in [7, 11) is 4.08. The summed E-state index contributed by atoms with van der Waals surface area (Å²) in [4.78, 5) is 3.55. The monoisotopic (exact) mass is 307 g/mol. The number of fused-ring (bicyclic) bond motifs is 3. The molecule has 4 rings (SSSR count). The highest BCUT2D eigenvalue weighted by atomic mass is 35.5. The molecule has 0 aromatic heterocycles. The number of piperidine rings is 3. The van der Waals surface area contributed by atoms with Gasteiger partial charge in [0.25, 0.3) is 0 Å². The van der Waals surface area contributed by atoms with Gasteiger partial charge in [0.1, 0.15) is 5.71 Å². The third-order valence-corrected chi connectivity index (χ3v) is 4.46. The third-order valence-electron chi connectivity index (χ3n) is 4.46. The molecule has 3 saturated heterocycles. The van der Waals surface area contributed by atoms with Crippen LogP contribution in [0.2, 0.25) is 0 Å². The minimum atomic E-state index is 0. The van der Waals surface area contributed by atoms with Crippen LogP contribution >= 0.6 is 0 Å². The van der Waals surface area contributed by atoms with Crippen LogP contribution in [-0.4, -0.2) is 38.1 Å². The molecular formula is C16H22ClN3O. The van der Waals surface area contributed by atoms with Gasteiger partial charge >= 0.3 is 0 Å². The minimum absolute atomic E-state index is 0. The lowest BCUT2D eigenvalue weighted by Crippen LogP contribution is -3.14. The Morgan fingerprint density at radius 2 is 1.81 bits per heavy atom. The number of hydrogen-bond donors (Lipinski definition) is 2. The summed E-state index contributed by atoms with van der Waals surface area (Å²) in [5.41, 5.74) is 4.44. The van der Waals surface area contributed by atoms with Crippen molar-refractivity contribution in [2.24, 2.45) is 11.1 Å². The Bertz CT molecular complexity index is 543.